The molecule has 82 valence electrons. The molecule has 1 unspecified atom stereocenters. The van der Waals surface area contributed by atoms with Gasteiger partial charge in [0.2, 0.25) is 5.95 Å². The van der Waals surface area contributed by atoms with Crippen LogP contribution in [0.25, 0.3) is 0 Å². The van der Waals surface area contributed by atoms with Crippen molar-refractivity contribution in [1.29, 1.82) is 0 Å². The fourth-order valence-corrected chi connectivity index (χ4v) is 1.13. The third-order valence-corrected chi connectivity index (χ3v) is 2.06. The lowest BCUT2D eigenvalue weighted by molar-refractivity contribution is -0.141. The van der Waals surface area contributed by atoms with Gasteiger partial charge in [-0.05, 0) is 12.0 Å². The van der Waals surface area contributed by atoms with Crippen molar-refractivity contribution >= 4 is 11.9 Å². The first-order chi connectivity index (χ1) is 7.00. The van der Waals surface area contributed by atoms with Gasteiger partial charge >= 0.3 is 5.97 Å². The third-order valence-electron chi connectivity index (χ3n) is 2.06. The molecule has 0 saturated carbocycles. The van der Waals surface area contributed by atoms with Gasteiger partial charge in [-0.3, -0.25) is 4.79 Å². The van der Waals surface area contributed by atoms with E-state index in [2.05, 4.69) is 9.97 Å². The molecule has 1 heterocycles. The molecule has 1 aromatic rings. The first-order valence-electron chi connectivity index (χ1n) is 4.71. The molecule has 0 radical (unpaired) electrons. The number of anilines is 1. The molecule has 5 nitrogen and oxygen atoms in total. The molecule has 0 aliphatic rings. The molecular weight excluding hydrogens is 194 g/mol. The third kappa shape index (κ3) is 3.19. The van der Waals surface area contributed by atoms with Crippen molar-refractivity contribution < 1.29 is 9.90 Å². The van der Waals surface area contributed by atoms with Crippen LogP contribution >= 0.6 is 0 Å². The van der Waals surface area contributed by atoms with Crippen molar-refractivity contribution in [1.82, 2.24) is 9.97 Å². The fourth-order valence-electron chi connectivity index (χ4n) is 1.13. The van der Waals surface area contributed by atoms with Crippen molar-refractivity contribution in [2.45, 2.75) is 13.3 Å². The van der Waals surface area contributed by atoms with Gasteiger partial charge in [-0.15, -0.1) is 0 Å². The van der Waals surface area contributed by atoms with Gasteiger partial charge in [-0.25, -0.2) is 9.97 Å². The topological polar surface area (TPSA) is 66.3 Å². The average molecular weight is 209 g/mol. The van der Waals surface area contributed by atoms with Crippen LogP contribution in [0.4, 0.5) is 5.95 Å². The highest BCUT2D eigenvalue weighted by atomic mass is 16.4. The molecule has 0 aliphatic heterocycles. The van der Waals surface area contributed by atoms with Crippen LogP contribution < -0.4 is 4.90 Å². The summed E-state index contributed by atoms with van der Waals surface area (Å²) < 4.78 is 0. The van der Waals surface area contributed by atoms with Crippen molar-refractivity contribution in [3.8, 4) is 0 Å². The number of hydrogen-bond donors (Lipinski definition) is 1. The molecule has 0 bridgehead atoms. The Morgan fingerprint density at radius 1 is 1.47 bits per heavy atom. The normalized spacial score (nSPS) is 12.2. The van der Waals surface area contributed by atoms with E-state index in [0.717, 1.165) is 5.56 Å². The molecule has 0 fully saturated rings. The minimum atomic E-state index is -0.799. The maximum Gasteiger partial charge on any atom is 0.306 e. The summed E-state index contributed by atoms with van der Waals surface area (Å²) in [4.78, 5) is 20.7. The number of nitrogens with zero attached hydrogens (tertiary/aromatic N) is 3. The minimum absolute atomic E-state index is 0.404. The SMILES string of the molecule is CC(Cc1cnc(N(C)C)nc1)C(=O)O. The Balaban J connectivity index is 2.68. The van der Waals surface area contributed by atoms with Gasteiger partial charge in [0.05, 0.1) is 5.92 Å². The fraction of sp³-hybridized carbons (Fsp3) is 0.500. The lowest BCUT2D eigenvalue weighted by atomic mass is 10.0. The first kappa shape index (κ1) is 11.4. The molecule has 0 aliphatic carbocycles. The second-order valence-corrected chi connectivity index (χ2v) is 3.73. The smallest absolute Gasteiger partial charge is 0.306 e. The Morgan fingerprint density at radius 3 is 2.40 bits per heavy atom. The summed E-state index contributed by atoms with van der Waals surface area (Å²) in [5.74, 6) is -0.577. The molecule has 0 aromatic carbocycles. The van der Waals surface area contributed by atoms with Crippen LogP contribution in [0.3, 0.4) is 0 Å². The van der Waals surface area contributed by atoms with E-state index in [1.807, 2.05) is 14.1 Å². The van der Waals surface area contributed by atoms with E-state index in [0.29, 0.717) is 12.4 Å². The number of carbonyl (C=O) groups is 1. The molecule has 1 N–H and O–H groups in total. The number of rotatable bonds is 4. The predicted octanol–water partition coefficient (Wildman–Crippen LogP) is 0.806. The summed E-state index contributed by atoms with van der Waals surface area (Å²) in [6, 6.07) is 0. The molecular formula is C10H15N3O2. The number of carboxylic acids is 1. The molecule has 1 atom stereocenters. The van der Waals surface area contributed by atoms with Crippen LogP contribution in [0.2, 0.25) is 0 Å². The van der Waals surface area contributed by atoms with Gasteiger partial charge in [0.1, 0.15) is 0 Å². The maximum absolute atomic E-state index is 10.6. The van der Waals surface area contributed by atoms with E-state index in [1.54, 1.807) is 24.2 Å². The molecule has 1 rings (SSSR count). The monoisotopic (exact) mass is 209 g/mol. The van der Waals surface area contributed by atoms with Crippen LogP contribution in [0.5, 0.6) is 0 Å². The summed E-state index contributed by atoms with van der Waals surface area (Å²) in [7, 11) is 3.71. The zero-order valence-corrected chi connectivity index (χ0v) is 9.14. The molecule has 1 aromatic heterocycles. The number of aromatic nitrogens is 2. The molecule has 0 spiro atoms. The molecule has 0 saturated heterocycles. The lowest BCUT2D eigenvalue weighted by Gasteiger charge is -2.10. The number of hydrogen-bond acceptors (Lipinski definition) is 4. The molecule has 15 heavy (non-hydrogen) atoms. The highest BCUT2D eigenvalue weighted by Crippen LogP contribution is 2.08. The van der Waals surface area contributed by atoms with E-state index in [9.17, 15) is 4.79 Å². The summed E-state index contributed by atoms with van der Waals surface area (Å²) in [5, 5.41) is 8.74. The van der Waals surface area contributed by atoms with Crippen LogP contribution in [-0.2, 0) is 11.2 Å². The Hall–Kier alpha value is -1.65. The van der Waals surface area contributed by atoms with Crippen LogP contribution in [0.15, 0.2) is 12.4 Å². The maximum atomic E-state index is 10.6. The van der Waals surface area contributed by atoms with E-state index in [-0.39, 0.29) is 0 Å². The summed E-state index contributed by atoms with van der Waals surface area (Å²) in [5.41, 5.74) is 0.843. The van der Waals surface area contributed by atoms with E-state index in [4.69, 9.17) is 5.11 Å². The van der Waals surface area contributed by atoms with Crippen LogP contribution in [-0.4, -0.2) is 35.1 Å². The highest BCUT2D eigenvalue weighted by Gasteiger charge is 2.12. The Bertz CT molecular complexity index is 335. The van der Waals surface area contributed by atoms with E-state index in [1.165, 1.54) is 0 Å². The van der Waals surface area contributed by atoms with E-state index < -0.39 is 11.9 Å². The zero-order valence-electron chi connectivity index (χ0n) is 9.14. The van der Waals surface area contributed by atoms with Crippen molar-refractivity contribution in [2.75, 3.05) is 19.0 Å². The number of aliphatic carboxylic acids is 1. The van der Waals surface area contributed by atoms with Gasteiger partial charge in [0.15, 0.2) is 0 Å². The van der Waals surface area contributed by atoms with Crippen LogP contribution in [0.1, 0.15) is 12.5 Å². The average Bonchev–Trinajstić information content (AvgIpc) is 2.18. The van der Waals surface area contributed by atoms with Gasteiger partial charge in [-0.2, -0.15) is 0 Å². The molecule has 0 amide bonds. The van der Waals surface area contributed by atoms with Crippen molar-refractivity contribution in [3.63, 3.8) is 0 Å². The van der Waals surface area contributed by atoms with Crippen molar-refractivity contribution in [2.24, 2.45) is 5.92 Å². The predicted molar refractivity (Wildman–Crippen MR) is 56.9 cm³/mol. The molecule has 5 heteroatoms. The first-order valence-corrected chi connectivity index (χ1v) is 4.71. The van der Waals surface area contributed by atoms with Gasteiger partial charge in [0, 0.05) is 26.5 Å². The second kappa shape index (κ2) is 4.72. The second-order valence-electron chi connectivity index (χ2n) is 3.73. The summed E-state index contributed by atoms with van der Waals surface area (Å²) in [6.45, 7) is 1.67. The summed E-state index contributed by atoms with van der Waals surface area (Å²) >= 11 is 0. The standard InChI is InChI=1S/C10H15N3O2/c1-7(9(14)15)4-8-5-11-10(12-6-8)13(2)3/h5-7H,4H2,1-3H3,(H,14,15). The van der Waals surface area contributed by atoms with Gasteiger partial charge in [-0.1, -0.05) is 6.92 Å². The largest absolute Gasteiger partial charge is 0.481 e. The lowest BCUT2D eigenvalue weighted by Crippen LogP contribution is -2.15. The summed E-state index contributed by atoms with van der Waals surface area (Å²) in [6.07, 6.45) is 3.80. The Kier molecular flexibility index (Phi) is 3.60. The minimum Gasteiger partial charge on any atom is -0.481 e. The zero-order chi connectivity index (χ0) is 11.4. The van der Waals surface area contributed by atoms with Crippen molar-refractivity contribution in [3.05, 3.63) is 18.0 Å². The quantitative estimate of drug-likeness (QED) is 0.794. The van der Waals surface area contributed by atoms with Gasteiger partial charge in [0.25, 0.3) is 0 Å². The Labute approximate surface area is 88.8 Å². The van der Waals surface area contributed by atoms with Gasteiger partial charge < -0.3 is 10.0 Å². The van der Waals surface area contributed by atoms with E-state index >= 15 is 0 Å². The number of carboxylic acid groups (broad SMARTS) is 1. The highest BCUT2D eigenvalue weighted by molar-refractivity contribution is 5.69. The van der Waals surface area contributed by atoms with Crippen LogP contribution in [0, 0.1) is 5.92 Å². The Morgan fingerprint density at radius 2 is 2.00 bits per heavy atom.